The average Bonchev–Trinajstić information content (AvgIpc) is 2.44. The van der Waals surface area contributed by atoms with E-state index in [0.29, 0.717) is 14.5 Å². The van der Waals surface area contributed by atoms with E-state index in [1.165, 1.54) is 18.3 Å². The molecule has 0 aliphatic rings. The molecule has 0 fully saturated rings. The molecule has 2 rings (SSSR count). The van der Waals surface area contributed by atoms with Gasteiger partial charge in [0.2, 0.25) is 0 Å². The molecule has 110 valence electrons. The predicted octanol–water partition coefficient (Wildman–Crippen LogP) is 3.79. The van der Waals surface area contributed by atoms with Gasteiger partial charge in [0, 0.05) is 0 Å². The maximum absolute atomic E-state index is 12.2. The zero-order valence-electron chi connectivity index (χ0n) is 10.4. The van der Waals surface area contributed by atoms with Gasteiger partial charge in [-0.25, -0.2) is 0 Å². The van der Waals surface area contributed by atoms with Crippen LogP contribution in [0, 0.1) is 0 Å². The molecular formula is C13H9Br2NO4S. The Bertz CT molecular complexity index is 753. The molecular weight excluding hydrogens is 426 g/mol. The Morgan fingerprint density at radius 1 is 1.10 bits per heavy atom. The molecule has 21 heavy (non-hydrogen) atoms. The Morgan fingerprint density at radius 3 is 2.19 bits per heavy atom. The zero-order valence-corrected chi connectivity index (χ0v) is 14.4. The van der Waals surface area contributed by atoms with Crippen molar-refractivity contribution in [2.75, 3.05) is 0 Å². The Morgan fingerprint density at radius 2 is 1.67 bits per heavy atom. The first-order valence-corrected chi connectivity index (χ1v) is 8.59. The summed E-state index contributed by atoms with van der Waals surface area (Å²) in [5, 5.41) is 11.4. The van der Waals surface area contributed by atoms with E-state index in [2.05, 4.69) is 37.0 Å². The van der Waals surface area contributed by atoms with Crippen molar-refractivity contribution in [1.82, 2.24) is 0 Å². The molecule has 0 atom stereocenters. The van der Waals surface area contributed by atoms with Crippen molar-refractivity contribution in [3.8, 4) is 5.75 Å². The van der Waals surface area contributed by atoms with E-state index < -0.39 is 10.1 Å². The second-order valence-electron chi connectivity index (χ2n) is 3.91. The highest BCUT2D eigenvalue weighted by molar-refractivity contribution is 9.11. The van der Waals surface area contributed by atoms with E-state index in [1.807, 2.05) is 0 Å². The SMILES string of the molecule is O=S(=O)(Oc1c(Br)cc(/C=N\O)cc1Br)c1ccccc1. The van der Waals surface area contributed by atoms with Gasteiger partial charge in [-0.3, -0.25) is 0 Å². The predicted molar refractivity (Wildman–Crippen MR) is 85.5 cm³/mol. The Hall–Kier alpha value is -1.38. The number of hydrogen-bond acceptors (Lipinski definition) is 5. The van der Waals surface area contributed by atoms with Crippen LogP contribution in [0.25, 0.3) is 0 Å². The first-order valence-electron chi connectivity index (χ1n) is 5.60. The highest BCUT2D eigenvalue weighted by atomic mass is 79.9. The highest BCUT2D eigenvalue weighted by Crippen LogP contribution is 2.36. The standard InChI is InChI=1S/C13H9Br2NO4S/c14-11-6-9(8-16-17)7-12(15)13(11)20-21(18,19)10-4-2-1-3-5-10/h1-8,17H/b16-8-. The van der Waals surface area contributed by atoms with Crippen molar-refractivity contribution in [3.63, 3.8) is 0 Å². The summed E-state index contributed by atoms with van der Waals surface area (Å²) in [4.78, 5) is 0.0600. The van der Waals surface area contributed by atoms with Crippen molar-refractivity contribution >= 4 is 48.2 Å². The molecule has 0 aromatic heterocycles. The molecule has 0 aliphatic carbocycles. The van der Waals surface area contributed by atoms with E-state index in [0.717, 1.165) is 0 Å². The lowest BCUT2D eigenvalue weighted by Crippen LogP contribution is -2.10. The van der Waals surface area contributed by atoms with Crippen molar-refractivity contribution in [2.24, 2.45) is 5.16 Å². The van der Waals surface area contributed by atoms with E-state index >= 15 is 0 Å². The molecule has 0 radical (unpaired) electrons. The van der Waals surface area contributed by atoms with Crippen LogP contribution in [0.15, 0.2) is 61.5 Å². The number of oxime groups is 1. The third-order valence-corrected chi connectivity index (χ3v) is 4.87. The van der Waals surface area contributed by atoms with Gasteiger partial charge in [-0.15, -0.1) is 0 Å². The van der Waals surface area contributed by atoms with Crippen LogP contribution in [0.1, 0.15) is 5.56 Å². The van der Waals surface area contributed by atoms with Gasteiger partial charge >= 0.3 is 10.1 Å². The molecule has 0 spiro atoms. The molecule has 8 heteroatoms. The lowest BCUT2D eigenvalue weighted by Gasteiger charge is -2.11. The molecule has 2 aromatic carbocycles. The molecule has 2 aromatic rings. The maximum atomic E-state index is 12.2. The van der Waals surface area contributed by atoms with Crippen LogP contribution < -0.4 is 4.18 Å². The van der Waals surface area contributed by atoms with Crippen LogP contribution in [-0.2, 0) is 10.1 Å². The lowest BCUT2D eigenvalue weighted by atomic mass is 10.2. The fourth-order valence-electron chi connectivity index (χ4n) is 1.55. The third kappa shape index (κ3) is 3.84. The number of halogens is 2. The average molecular weight is 435 g/mol. The smallest absolute Gasteiger partial charge is 0.339 e. The van der Waals surface area contributed by atoms with E-state index in [-0.39, 0.29) is 10.6 Å². The maximum Gasteiger partial charge on any atom is 0.339 e. The summed E-state index contributed by atoms with van der Waals surface area (Å²) >= 11 is 6.46. The highest BCUT2D eigenvalue weighted by Gasteiger charge is 2.20. The molecule has 0 saturated heterocycles. The van der Waals surface area contributed by atoms with E-state index in [9.17, 15) is 8.42 Å². The van der Waals surface area contributed by atoms with Gasteiger partial charge in [0.15, 0.2) is 5.75 Å². The molecule has 0 heterocycles. The van der Waals surface area contributed by atoms with Crippen LogP contribution >= 0.6 is 31.9 Å². The van der Waals surface area contributed by atoms with Gasteiger partial charge in [-0.05, 0) is 61.7 Å². The summed E-state index contributed by atoms with van der Waals surface area (Å²) in [6.45, 7) is 0. The summed E-state index contributed by atoms with van der Waals surface area (Å²) in [6, 6.07) is 11.0. The molecule has 0 amide bonds. The van der Waals surface area contributed by atoms with Gasteiger partial charge in [0.05, 0.1) is 15.2 Å². The minimum atomic E-state index is -3.93. The molecule has 0 unspecified atom stereocenters. The molecule has 0 aliphatic heterocycles. The Labute approximate surface area is 138 Å². The fraction of sp³-hybridized carbons (Fsp3) is 0. The summed E-state index contributed by atoms with van der Waals surface area (Å²) < 4.78 is 30.3. The van der Waals surface area contributed by atoms with E-state index in [1.54, 1.807) is 30.3 Å². The number of rotatable bonds is 4. The van der Waals surface area contributed by atoms with Crippen molar-refractivity contribution in [3.05, 3.63) is 57.0 Å². The van der Waals surface area contributed by atoms with Gasteiger partial charge < -0.3 is 9.39 Å². The topological polar surface area (TPSA) is 76.0 Å². The third-order valence-electron chi connectivity index (χ3n) is 2.45. The molecule has 5 nitrogen and oxygen atoms in total. The van der Waals surface area contributed by atoms with Gasteiger partial charge in [0.1, 0.15) is 4.90 Å². The summed E-state index contributed by atoms with van der Waals surface area (Å²) in [7, 11) is -3.93. The number of hydrogen-bond donors (Lipinski definition) is 1. The van der Waals surface area contributed by atoms with Crippen molar-refractivity contribution in [2.45, 2.75) is 4.90 Å². The summed E-state index contributed by atoms with van der Waals surface area (Å²) in [5.41, 5.74) is 0.570. The van der Waals surface area contributed by atoms with Crippen LogP contribution in [-0.4, -0.2) is 19.8 Å². The minimum absolute atomic E-state index is 0.0600. The zero-order chi connectivity index (χ0) is 15.5. The second-order valence-corrected chi connectivity index (χ2v) is 7.16. The Balaban J connectivity index is 2.41. The quantitative estimate of drug-likeness (QED) is 0.343. The molecule has 0 bridgehead atoms. The van der Waals surface area contributed by atoms with Crippen molar-refractivity contribution in [1.29, 1.82) is 0 Å². The normalized spacial score (nSPS) is 11.7. The largest absolute Gasteiger partial charge is 0.411 e. The van der Waals surface area contributed by atoms with Crippen molar-refractivity contribution < 1.29 is 17.8 Å². The number of benzene rings is 2. The van der Waals surface area contributed by atoms with Crippen LogP contribution in [0.2, 0.25) is 0 Å². The first kappa shape index (κ1) is 16.0. The van der Waals surface area contributed by atoms with E-state index in [4.69, 9.17) is 9.39 Å². The monoisotopic (exact) mass is 433 g/mol. The van der Waals surface area contributed by atoms with Crippen LogP contribution in [0.5, 0.6) is 5.75 Å². The van der Waals surface area contributed by atoms with Gasteiger partial charge in [-0.1, -0.05) is 23.4 Å². The van der Waals surface area contributed by atoms with Gasteiger partial charge in [0.25, 0.3) is 0 Å². The fourth-order valence-corrected chi connectivity index (χ4v) is 4.13. The first-order chi connectivity index (χ1) is 9.94. The summed E-state index contributed by atoms with van der Waals surface area (Å²) in [6.07, 6.45) is 1.21. The second kappa shape index (κ2) is 6.59. The molecule has 1 N–H and O–H groups in total. The minimum Gasteiger partial charge on any atom is -0.411 e. The molecule has 0 saturated carbocycles. The number of nitrogens with zero attached hydrogens (tertiary/aromatic N) is 1. The van der Waals surface area contributed by atoms with Crippen LogP contribution in [0.4, 0.5) is 0 Å². The summed E-state index contributed by atoms with van der Waals surface area (Å²) in [5.74, 6) is 0.119. The Kier molecular flexibility index (Phi) is 5.02. The van der Waals surface area contributed by atoms with Gasteiger partial charge in [-0.2, -0.15) is 8.42 Å². The lowest BCUT2D eigenvalue weighted by molar-refractivity contribution is 0.322. The van der Waals surface area contributed by atoms with Crippen LogP contribution in [0.3, 0.4) is 0 Å².